The lowest BCUT2D eigenvalue weighted by molar-refractivity contribution is 0.191. The van der Waals surface area contributed by atoms with Gasteiger partial charge in [0.25, 0.3) is 0 Å². The van der Waals surface area contributed by atoms with E-state index in [2.05, 4.69) is 21.9 Å². The normalized spacial score (nSPS) is 11.9. The summed E-state index contributed by atoms with van der Waals surface area (Å²) < 4.78 is 6.39. The van der Waals surface area contributed by atoms with E-state index in [9.17, 15) is 5.11 Å². The molecule has 1 N–H and O–H groups in total. The molecule has 0 aliphatic heterocycles. The van der Waals surface area contributed by atoms with E-state index in [0.29, 0.717) is 18.8 Å². The van der Waals surface area contributed by atoms with Crippen molar-refractivity contribution in [1.82, 2.24) is 0 Å². The highest BCUT2D eigenvalue weighted by atomic mass is 79.9. The maximum Gasteiger partial charge on any atom is 0.125 e. The van der Waals surface area contributed by atoms with Crippen LogP contribution < -0.4 is 4.74 Å². The van der Waals surface area contributed by atoms with E-state index < -0.39 is 6.10 Å². The largest absolute Gasteiger partial charge is 0.492 e. The molecule has 0 bridgehead atoms. The predicted molar refractivity (Wildman–Crippen MR) is 63.7 cm³/mol. The Morgan fingerprint density at radius 2 is 2.33 bits per heavy atom. The smallest absolute Gasteiger partial charge is 0.125 e. The average Bonchev–Trinajstić information content (AvgIpc) is 2.20. The zero-order valence-electron chi connectivity index (χ0n) is 8.53. The van der Waals surface area contributed by atoms with Crippen LogP contribution in [0.3, 0.4) is 0 Å². The molecule has 2 nitrogen and oxygen atoms in total. The zero-order chi connectivity index (χ0) is 11.3. The first kappa shape index (κ1) is 12.1. The SMILES string of the molecule is C#CCCOc1ccc(Br)cc1C(C)O. The van der Waals surface area contributed by atoms with Crippen LogP contribution in [0, 0.1) is 12.3 Å². The number of hydrogen-bond donors (Lipinski definition) is 1. The van der Waals surface area contributed by atoms with Crippen molar-refractivity contribution in [3.63, 3.8) is 0 Å². The average molecular weight is 269 g/mol. The Bertz CT molecular complexity index is 366. The Morgan fingerprint density at radius 1 is 1.60 bits per heavy atom. The highest BCUT2D eigenvalue weighted by Gasteiger charge is 2.09. The quantitative estimate of drug-likeness (QED) is 0.672. The van der Waals surface area contributed by atoms with Crippen LogP contribution in [0.2, 0.25) is 0 Å². The third kappa shape index (κ3) is 3.58. The van der Waals surface area contributed by atoms with Crippen molar-refractivity contribution in [1.29, 1.82) is 0 Å². The molecule has 0 saturated carbocycles. The van der Waals surface area contributed by atoms with Gasteiger partial charge in [-0.2, -0.15) is 0 Å². The summed E-state index contributed by atoms with van der Waals surface area (Å²) in [7, 11) is 0. The summed E-state index contributed by atoms with van der Waals surface area (Å²) in [4.78, 5) is 0. The first-order chi connectivity index (χ1) is 7.15. The minimum absolute atomic E-state index is 0.470. The van der Waals surface area contributed by atoms with E-state index in [0.717, 1.165) is 10.0 Å². The first-order valence-electron chi connectivity index (χ1n) is 4.69. The topological polar surface area (TPSA) is 29.5 Å². The maximum absolute atomic E-state index is 9.54. The molecule has 80 valence electrons. The molecule has 1 atom stereocenters. The van der Waals surface area contributed by atoms with Gasteiger partial charge >= 0.3 is 0 Å². The monoisotopic (exact) mass is 268 g/mol. The summed E-state index contributed by atoms with van der Waals surface area (Å²) in [6, 6.07) is 5.54. The summed E-state index contributed by atoms with van der Waals surface area (Å²) in [5.74, 6) is 3.19. The van der Waals surface area contributed by atoms with Gasteiger partial charge in [0.15, 0.2) is 0 Å². The Hall–Kier alpha value is -0.980. The van der Waals surface area contributed by atoms with Crippen LogP contribution in [-0.4, -0.2) is 11.7 Å². The number of ether oxygens (including phenoxy) is 1. The number of rotatable bonds is 4. The minimum Gasteiger partial charge on any atom is -0.492 e. The van der Waals surface area contributed by atoms with Gasteiger partial charge in [-0.1, -0.05) is 15.9 Å². The highest BCUT2D eigenvalue weighted by Crippen LogP contribution is 2.28. The zero-order valence-corrected chi connectivity index (χ0v) is 10.1. The van der Waals surface area contributed by atoms with E-state index in [4.69, 9.17) is 11.2 Å². The van der Waals surface area contributed by atoms with Crippen LogP contribution in [0.5, 0.6) is 5.75 Å². The van der Waals surface area contributed by atoms with Gasteiger partial charge in [-0.15, -0.1) is 12.3 Å². The second-order valence-electron chi connectivity index (χ2n) is 3.16. The standard InChI is InChI=1S/C12H13BrO2/c1-3-4-7-15-12-6-5-10(13)8-11(12)9(2)14/h1,5-6,8-9,14H,4,7H2,2H3. The molecule has 0 aliphatic carbocycles. The van der Waals surface area contributed by atoms with E-state index in [1.807, 2.05) is 18.2 Å². The third-order valence-corrected chi connectivity index (χ3v) is 2.42. The highest BCUT2D eigenvalue weighted by molar-refractivity contribution is 9.10. The molecule has 15 heavy (non-hydrogen) atoms. The van der Waals surface area contributed by atoms with Gasteiger partial charge in [-0.05, 0) is 25.1 Å². The molecule has 1 aromatic rings. The van der Waals surface area contributed by atoms with Crippen molar-refractivity contribution < 1.29 is 9.84 Å². The van der Waals surface area contributed by atoms with Crippen LogP contribution in [-0.2, 0) is 0 Å². The number of benzene rings is 1. The third-order valence-electron chi connectivity index (χ3n) is 1.93. The van der Waals surface area contributed by atoms with Gasteiger partial charge in [0.2, 0.25) is 0 Å². The van der Waals surface area contributed by atoms with E-state index in [1.54, 1.807) is 6.92 Å². The summed E-state index contributed by atoms with van der Waals surface area (Å²) in [5.41, 5.74) is 0.765. The van der Waals surface area contributed by atoms with Crippen molar-refractivity contribution in [2.45, 2.75) is 19.4 Å². The number of hydrogen-bond acceptors (Lipinski definition) is 2. The van der Waals surface area contributed by atoms with E-state index in [1.165, 1.54) is 0 Å². The fourth-order valence-corrected chi connectivity index (χ4v) is 1.58. The summed E-state index contributed by atoms with van der Waals surface area (Å²) in [5, 5.41) is 9.54. The van der Waals surface area contributed by atoms with Crippen LogP contribution in [0.4, 0.5) is 0 Å². The molecule has 1 rings (SSSR count). The summed E-state index contributed by atoms with van der Waals surface area (Å²) in [6.07, 6.45) is 5.14. The van der Waals surface area contributed by atoms with Gasteiger partial charge in [-0.3, -0.25) is 0 Å². The molecule has 0 radical (unpaired) electrons. The van der Waals surface area contributed by atoms with E-state index >= 15 is 0 Å². The van der Waals surface area contributed by atoms with Gasteiger partial charge < -0.3 is 9.84 Å². The molecule has 0 saturated heterocycles. The minimum atomic E-state index is -0.552. The lowest BCUT2D eigenvalue weighted by Crippen LogP contribution is -2.01. The number of halogens is 1. The molecule has 0 spiro atoms. The first-order valence-corrected chi connectivity index (χ1v) is 5.48. The molecule has 0 fully saturated rings. The molecule has 0 aliphatic rings. The fourth-order valence-electron chi connectivity index (χ4n) is 1.20. The lowest BCUT2D eigenvalue weighted by Gasteiger charge is -2.13. The van der Waals surface area contributed by atoms with Crippen LogP contribution in [0.15, 0.2) is 22.7 Å². The molecule has 1 unspecified atom stereocenters. The van der Waals surface area contributed by atoms with Crippen molar-refractivity contribution in [3.8, 4) is 18.1 Å². The molecular weight excluding hydrogens is 256 g/mol. The Kier molecular flexibility index (Phi) is 4.67. The van der Waals surface area contributed by atoms with Crippen LogP contribution in [0.25, 0.3) is 0 Å². The second kappa shape index (κ2) is 5.79. The van der Waals surface area contributed by atoms with Crippen molar-refractivity contribution >= 4 is 15.9 Å². The molecule has 3 heteroatoms. The lowest BCUT2D eigenvalue weighted by atomic mass is 10.1. The number of aliphatic hydroxyl groups excluding tert-OH is 1. The Morgan fingerprint density at radius 3 is 2.93 bits per heavy atom. The Balaban J connectivity index is 2.82. The number of aliphatic hydroxyl groups is 1. The van der Waals surface area contributed by atoms with Crippen molar-refractivity contribution in [3.05, 3.63) is 28.2 Å². The van der Waals surface area contributed by atoms with Crippen LogP contribution >= 0.6 is 15.9 Å². The molecule has 1 aromatic carbocycles. The summed E-state index contributed by atoms with van der Waals surface area (Å²) >= 11 is 3.35. The maximum atomic E-state index is 9.54. The van der Waals surface area contributed by atoms with Crippen molar-refractivity contribution in [2.75, 3.05) is 6.61 Å². The van der Waals surface area contributed by atoms with Crippen molar-refractivity contribution in [2.24, 2.45) is 0 Å². The second-order valence-corrected chi connectivity index (χ2v) is 4.08. The molecule has 0 heterocycles. The van der Waals surface area contributed by atoms with Gasteiger partial charge in [0, 0.05) is 16.5 Å². The molecule has 0 aromatic heterocycles. The molecular formula is C12H13BrO2. The van der Waals surface area contributed by atoms with Gasteiger partial charge in [-0.25, -0.2) is 0 Å². The predicted octanol–water partition coefficient (Wildman–Crippen LogP) is 2.90. The van der Waals surface area contributed by atoms with Gasteiger partial charge in [0.1, 0.15) is 5.75 Å². The van der Waals surface area contributed by atoms with Crippen LogP contribution in [0.1, 0.15) is 25.0 Å². The van der Waals surface area contributed by atoms with E-state index in [-0.39, 0.29) is 0 Å². The fraction of sp³-hybridized carbons (Fsp3) is 0.333. The van der Waals surface area contributed by atoms with Gasteiger partial charge in [0.05, 0.1) is 12.7 Å². The Labute approximate surface area is 98.4 Å². The number of terminal acetylenes is 1. The molecule has 0 amide bonds. The summed E-state index contributed by atoms with van der Waals surface area (Å²) in [6.45, 7) is 2.17.